The maximum Gasteiger partial charge on any atom is 0.341 e. The molecule has 1 unspecified atom stereocenters. The number of hydrogen-bond acceptors (Lipinski definition) is 6. The molecule has 0 bridgehead atoms. The molecule has 3 atom stereocenters. The van der Waals surface area contributed by atoms with Gasteiger partial charge in [0.25, 0.3) is 0 Å². The number of nitrogens with zero attached hydrogens (tertiary/aromatic N) is 2. The van der Waals surface area contributed by atoms with Crippen LogP contribution in [-0.2, 0) is 16.1 Å². The zero-order valence-corrected chi connectivity index (χ0v) is 22.4. The maximum absolute atomic E-state index is 13.3. The van der Waals surface area contributed by atoms with Crippen LogP contribution in [0.25, 0.3) is 0 Å². The number of hydrogen-bond donors (Lipinski definition) is 0. The highest BCUT2D eigenvalue weighted by Gasteiger charge is 2.34. The first kappa shape index (κ1) is 28.4. The number of piperazine rings is 1. The third-order valence-electron chi connectivity index (χ3n) is 7.14. The molecule has 1 fully saturated rings. The molecule has 2 aromatic carbocycles. The number of ether oxygens (including phenoxy) is 2. The van der Waals surface area contributed by atoms with Crippen molar-refractivity contribution in [2.75, 3.05) is 19.9 Å². The van der Waals surface area contributed by atoms with E-state index in [1.165, 1.54) is 12.1 Å². The second-order valence-corrected chi connectivity index (χ2v) is 9.82. The molecule has 0 saturated carbocycles. The monoisotopic (exact) mass is 510 g/mol. The lowest BCUT2D eigenvalue weighted by Gasteiger charge is -2.45. The van der Waals surface area contributed by atoms with Crippen molar-refractivity contribution in [1.29, 1.82) is 0 Å². The molecule has 1 aliphatic rings. The van der Waals surface area contributed by atoms with Crippen molar-refractivity contribution < 1.29 is 23.5 Å². The normalized spacial score (nSPS) is 18.8. The van der Waals surface area contributed by atoms with E-state index in [1.807, 2.05) is 29.7 Å². The summed E-state index contributed by atoms with van der Waals surface area (Å²) >= 11 is 0. The molecule has 2 aromatic rings. The van der Waals surface area contributed by atoms with Crippen LogP contribution in [0, 0.1) is 11.7 Å². The zero-order chi connectivity index (χ0) is 26.8. The topological polar surface area (TPSA) is 59.1 Å². The number of para-hydroxylation sites is 1. The van der Waals surface area contributed by atoms with Gasteiger partial charge in [0.15, 0.2) is 0 Å². The van der Waals surface area contributed by atoms with E-state index < -0.39 is 0 Å². The van der Waals surface area contributed by atoms with Gasteiger partial charge in [-0.15, -0.1) is 0 Å². The zero-order valence-electron chi connectivity index (χ0n) is 22.4. The average molecular weight is 511 g/mol. The molecular weight excluding hydrogens is 471 g/mol. The van der Waals surface area contributed by atoms with Crippen molar-refractivity contribution in [3.05, 3.63) is 71.2 Å². The van der Waals surface area contributed by atoms with Crippen LogP contribution < -0.4 is 4.74 Å². The van der Waals surface area contributed by atoms with E-state index in [9.17, 15) is 14.0 Å². The van der Waals surface area contributed by atoms with Gasteiger partial charge in [-0.1, -0.05) is 57.4 Å². The van der Waals surface area contributed by atoms with Crippen LogP contribution in [0.1, 0.15) is 69.3 Å². The number of esters is 1. The molecule has 6 nitrogen and oxygen atoms in total. The molecule has 1 saturated heterocycles. The SMILES string of the molecule is CCCCC(CC)COC(=O)c1ccccc1OCN1C[C@H](C)N(Cc2ccc(F)cc2)C(=C=O)[C@H]1C. The molecule has 0 N–H and O–H groups in total. The third kappa shape index (κ3) is 7.67. The van der Waals surface area contributed by atoms with Crippen molar-refractivity contribution >= 4 is 11.9 Å². The minimum absolute atomic E-state index is 0.00982. The van der Waals surface area contributed by atoms with Gasteiger partial charge < -0.3 is 14.4 Å². The Bertz CT molecular complexity index is 1070. The Morgan fingerprint density at radius 3 is 2.54 bits per heavy atom. The summed E-state index contributed by atoms with van der Waals surface area (Å²) in [5.41, 5.74) is 1.84. The van der Waals surface area contributed by atoms with Crippen molar-refractivity contribution in [3.63, 3.8) is 0 Å². The second-order valence-electron chi connectivity index (χ2n) is 9.82. The molecule has 0 aliphatic carbocycles. The molecule has 0 amide bonds. The molecule has 0 radical (unpaired) electrons. The molecule has 7 heteroatoms. The van der Waals surface area contributed by atoms with Crippen LogP contribution in [0.2, 0.25) is 0 Å². The second kappa shape index (κ2) is 14.0. The molecule has 1 heterocycles. The summed E-state index contributed by atoms with van der Waals surface area (Å²) in [6.07, 6.45) is 4.27. The number of carbonyl (C=O) groups excluding carboxylic acids is 2. The van der Waals surface area contributed by atoms with Gasteiger partial charge in [0.1, 0.15) is 35.5 Å². The van der Waals surface area contributed by atoms with Crippen LogP contribution >= 0.6 is 0 Å². The van der Waals surface area contributed by atoms with Gasteiger partial charge in [-0.2, -0.15) is 0 Å². The van der Waals surface area contributed by atoms with Gasteiger partial charge in [0.2, 0.25) is 0 Å². The molecule has 37 heavy (non-hydrogen) atoms. The summed E-state index contributed by atoms with van der Waals surface area (Å²) < 4.78 is 25.0. The van der Waals surface area contributed by atoms with Crippen molar-refractivity contribution in [3.8, 4) is 5.75 Å². The number of benzene rings is 2. The van der Waals surface area contributed by atoms with Gasteiger partial charge in [0.05, 0.1) is 12.6 Å². The molecule has 200 valence electrons. The van der Waals surface area contributed by atoms with E-state index in [2.05, 4.69) is 19.8 Å². The Hall–Kier alpha value is -3.15. The summed E-state index contributed by atoms with van der Waals surface area (Å²) in [6.45, 7) is 10.0. The van der Waals surface area contributed by atoms with Crippen LogP contribution in [-0.4, -0.2) is 53.7 Å². The first-order valence-electron chi connectivity index (χ1n) is 13.3. The first-order valence-corrected chi connectivity index (χ1v) is 13.3. The Kier molecular flexibility index (Phi) is 10.7. The Balaban J connectivity index is 1.63. The Labute approximate surface area is 220 Å². The molecule has 0 aromatic heterocycles. The first-order chi connectivity index (χ1) is 17.9. The van der Waals surface area contributed by atoms with E-state index in [4.69, 9.17) is 9.47 Å². The summed E-state index contributed by atoms with van der Waals surface area (Å²) in [7, 11) is 0. The Morgan fingerprint density at radius 2 is 1.86 bits per heavy atom. The minimum atomic E-state index is -0.385. The van der Waals surface area contributed by atoms with Crippen LogP contribution in [0.5, 0.6) is 5.75 Å². The molecule has 3 rings (SSSR count). The number of halogens is 1. The minimum Gasteiger partial charge on any atom is -0.477 e. The number of carbonyl (C=O) groups is 1. The van der Waals surface area contributed by atoms with Crippen LogP contribution in [0.4, 0.5) is 4.39 Å². The quantitative estimate of drug-likeness (QED) is 0.264. The average Bonchev–Trinajstić information content (AvgIpc) is 2.91. The maximum atomic E-state index is 13.3. The van der Waals surface area contributed by atoms with Crippen molar-refractivity contribution in [2.24, 2.45) is 5.92 Å². The fourth-order valence-corrected chi connectivity index (χ4v) is 4.67. The predicted molar refractivity (Wildman–Crippen MR) is 142 cm³/mol. The highest BCUT2D eigenvalue weighted by Crippen LogP contribution is 2.27. The van der Waals surface area contributed by atoms with Gasteiger partial charge in [-0.05, 0) is 56.0 Å². The lowest BCUT2D eigenvalue weighted by Crippen LogP contribution is -2.55. The fourth-order valence-electron chi connectivity index (χ4n) is 4.67. The standard InChI is InChI=1S/C30H39FN2O4/c1-5-7-10-24(6-2)20-36-30(35)27-11-8-9-12-29(27)37-21-32-17-22(3)33(28(19-34)23(32)4)18-25-13-15-26(31)16-14-25/h8-9,11-16,22-24H,5-7,10,17-18,20-21H2,1-4H3/t22-,23+,24?/m0/s1. The lowest BCUT2D eigenvalue weighted by atomic mass is 10.0. The largest absolute Gasteiger partial charge is 0.477 e. The van der Waals surface area contributed by atoms with Gasteiger partial charge in [0, 0.05) is 19.1 Å². The van der Waals surface area contributed by atoms with E-state index >= 15 is 0 Å². The summed E-state index contributed by atoms with van der Waals surface area (Å²) in [5, 5.41) is 0. The highest BCUT2D eigenvalue weighted by molar-refractivity contribution is 5.92. The van der Waals surface area contributed by atoms with Crippen molar-refractivity contribution in [2.45, 2.75) is 72.0 Å². The lowest BCUT2D eigenvalue weighted by molar-refractivity contribution is 0.0264. The van der Waals surface area contributed by atoms with Crippen LogP contribution in [0.15, 0.2) is 54.2 Å². The summed E-state index contributed by atoms with van der Waals surface area (Å²) in [6, 6.07) is 13.2. The number of unbranched alkanes of at least 4 members (excludes halogenated alkanes) is 1. The van der Waals surface area contributed by atoms with Crippen molar-refractivity contribution in [1.82, 2.24) is 9.80 Å². The van der Waals surface area contributed by atoms with Gasteiger partial charge >= 0.3 is 5.97 Å². The van der Waals surface area contributed by atoms with E-state index in [0.29, 0.717) is 42.6 Å². The Morgan fingerprint density at radius 1 is 1.14 bits per heavy atom. The summed E-state index contributed by atoms with van der Waals surface area (Å²) in [5.74, 6) is 2.26. The van der Waals surface area contributed by atoms with Crippen LogP contribution in [0.3, 0.4) is 0 Å². The molecule has 0 spiro atoms. The predicted octanol–water partition coefficient (Wildman–Crippen LogP) is 5.85. The van der Waals surface area contributed by atoms with Gasteiger partial charge in [-0.3, -0.25) is 4.90 Å². The van der Waals surface area contributed by atoms with E-state index in [0.717, 1.165) is 31.2 Å². The number of rotatable bonds is 12. The smallest absolute Gasteiger partial charge is 0.341 e. The fraction of sp³-hybridized carbons (Fsp3) is 0.500. The highest BCUT2D eigenvalue weighted by atomic mass is 19.1. The van der Waals surface area contributed by atoms with E-state index in [1.54, 1.807) is 30.3 Å². The molecular formula is C30H39FN2O4. The summed E-state index contributed by atoms with van der Waals surface area (Å²) in [4.78, 5) is 28.9. The van der Waals surface area contributed by atoms with E-state index in [-0.39, 0.29) is 30.6 Å². The van der Waals surface area contributed by atoms with Gasteiger partial charge in [-0.25, -0.2) is 14.0 Å². The molecule has 1 aliphatic heterocycles. The third-order valence-corrected chi connectivity index (χ3v) is 7.14.